The fraction of sp³-hybridized carbons (Fsp3) is 0.400. The zero-order valence-electron chi connectivity index (χ0n) is 16.9. The van der Waals surface area contributed by atoms with Crippen LogP contribution in [0.2, 0.25) is 0 Å². The van der Waals surface area contributed by atoms with Gasteiger partial charge in [-0.1, -0.05) is 23.8 Å². The Hall–Kier alpha value is -2.25. The molecule has 2 rings (SSSR count). The van der Waals surface area contributed by atoms with E-state index in [1.54, 1.807) is 18.5 Å². The molecule has 0 radical (unpaired) electrons. The van der Waals surface area contributed by atoms with Gasteiger partial charge in [0.2, 0.25) is 0 Å². The Morgan fingerprint density at radius 2 is 2.07 bits per heavy atom. The first-order valence-electron chi connectivity index (χ1n) is 8.90. The second-order valence-corrected chi connectivity index (χ2v) is 9.55. The van der Waals surface area contributed by atoms with E-state index in [1.165, 1.54) is 0 Å². The van der Waals surface area contributed by atoms with Gasteiger partial charge in [-0.15, -0.1) is 0 Å². The molecule has 0 aliphatic heterocycles. The lowest BCUT2D eigenvalue weighted by Gasteiger charge is -2.18. The predicted molar refractivity (Wildman–Crippen MR) is 118 cm³/mol. The maximum atomic E-state index is 12.3. The molecule has 0 saturated carbocycles. The van der Waals surface area contributed by atoms with Crippen molar-refractivity contribution in [1.29, 1.82) is 5.41 Å². The summed E-state index contributed by atoms with van der Waals surface area (Å²) >= 11 is 0. The van der Waals surface area contributed by atoms with E-state index in [1.807, 2.05) is 62.5 Å². The Bertz CT molecular complexity index is 975. The van der Waals surface area contributed by atoms with Gasteiger partial charge in [0.05, 0.1) is 22.8 Å². The van der Waals surface area contributed by atoms with Crippen LogP contribution in [0.4, 0.5) is 0 Å². The Balaban J connectivity index is 2.27. The molecule has 0 fully saturated rings. The Morgan fingerprint density at radius 1 is 1.41 bits per heavy atom. The van der Waals surface area contributed by atoms with Crippen molar-refractivity contribution in [3.8, 4) is 0 Å². The molecular formula is C20H29N5OS. The Labute approximate surface area is 162 Å². The molecule has 0 aliphatic rings. The van der Waals surface area contributed by atoms with E-state index in [-0.39, 0.29) is 6.04 Å². The summed E-state index contributed by atoms with van der Waals surface area (Å²) in [4.78, 5) is 12.5. The number of rotatable bonds is 7. The van der Waals surface area contributed by atoms with Crippen LogP contribution in [0.5, 0.6) is 0 Å². The third kappa shape index (κ3) is 5.14. The average Bonchev–Trinajstić information content (AvgIpc) is 3.06. The minimum Gasteiger partial charge on any atom is -0.337 e. The number of aromatic amines is 1. The van der Waals surface area contributed by atoms with Crippen LogP contribution in [-0.4, -0.2) is 61.2 Å². The third-order valence-electron chi connectivity index (χ3n) is 4.68. The molecule has 2 aromatic rings. The molecule has 1 aromatic heterocycles. The van der Waals surface area contributed by atoms with Crippen LogP contribution in [-0.2, 0) is 9.71 Å². The van der Waals surface area contributed by atoms with Gasteiger partial charge < -0.3 is 10.4 Å². The second kappa shape index (κ2) is 8.63. The van der Waals surface area contributed by atoms with Gasteiger partial charge in [-0.3, -0.25) is 9.20 Å². The number of likely N-dealkylation sites (N-methyl/N-ethyl adjacent to an activating group) is 1. The zero-order valence-corrected chi connectivity index (χ0v) is 17.7. The number of nitrogens with zero attached hydrogens (tertiary/aromatic N) is 3. The summed E-state index contributed by atoms with van der Waals surface area (Å²) in [6.45, 7) is 8.11. The highest BCUT2D eigenvalue weighted by Crippen LogP contribution is 2.14. The lowest BCUT2D eigenvalue weighted by Crippen LogP contribution is -2.27. The molecule has 0 bridgehead atoms. The Morgan fingerprint density at radius 3 is 2.67 bits per heavy atom. The highest BCUT2D eigenvalue weighted by atomic mass is 32.2. The normalized spacial score (nSPS) is 16.4. The number of aromatic nitrogens is 2. The summed E-state index contributed by atoms with van der Waals surface area (Å²) in [5, 5.41) is 9.85. The van der Waals surface area contributed by atoms with Crippen LogP contribution >= 0.6 is 0 Å². The van der Waals surface area contributed by atoms with Gasteiger partial charge >= 0.3 is 0 Å². The van der Waals surface area contributed by atoms with Crippen molar-refractivity contribution in [2.24, 2.45) is 4.99 Å². The standard InChI is InChI=1S/C20H29N5OS/c1-7-27(6,26)25(5)13-12-14(2)16(4)22-19(15(3)21)20-23-17-10-8-9-11-18(17)24-20/h7-12,16,21H,13H2,1-6H3,(H,23,24)/b14-12+,21-15?,22-19?. The molecule has 2 unspecified atom stereocenters. The van der Waals surface area contributed by atoms with Gasteiger partial charge in [0, 0.05) is 22.5 Å². The maximum Gasteiger partial charge on any atom is 0.158 e. The fourth-order valence-corrected chi connectivity index (χ4v) is 3.20. The van der Waals surface area contributed by atoms with Gasteiger partial charge in [0.15, 0.2) is 5.82 Å². The largest absolute Gasteiger partial charge is 0.337 e. The molecule has 0 aliphatic carbocycles. The molecule has 7 heteroatoms. The van der Waals surface area contributed by atoms with E-state index in [0.29, 0.717) is 23.8 Å². The second-order valence-electron chi connectivity index (χ2n) is 6.74. The summed E-state index contributed by atoms with van der Waals surface area (Å²) in [7, 11) is -0.236. The average molecular weight is 388 g/mol. The minimum absolute atomic E-state index is 0.111. The van der Waals surface area contributed by atoms with Crippen molar-refractivity contribution in [1.82, 2.24) is 14.3 Å². The van der Waals surface area contributed by atoms with E-state index < -0.39 is 9.71 Å². The number of hydrogen-bond donors (Lipinski definition) is 2. The van der Waals surface area contributed by atoms with Gasteiger partial charge in [-0.2, -0.15) is 0 Å². The van der Waals surface area contributed by atoms with Crippen molar-refractivity contribution in [2.75, 3.05) is 19.8 Å². The maximum absolute atomic E-state index is 12.3. The van der Waals surface area contributed by atoms with E-state index >= 15 is 0 Å². The highest BCUT2D eigenvalue weighted by molar-refractivity contribution is 7.98. The molecule has 0 amide bonds. The van der Waals surface area contributed by atoms with Gasteiger partial charge in [0.25, 0.3) is 0 Å². The van der Waals surface area contributed by atoms with Crippen molar-refractivity contribution in [3.05, 3.63) is 41.7 Å². The molecule has 6 nitrogen and oxygen atoms in total. The molecule has 2 atom stereocenters. The van der Waals surface area contributed by atoms with Crippen LogP contribution in [0, 0.1) is 5.41 Å². The first kappa shape index (κ1) is 21.1. The van der Waals surface area contributed by atoms with E-state index in [4.69, 9.17) is 10.4 Å². The van der Waals surface area contributed by atoms with E-state index in [0.717, 1.165) is 16.6 Å². The van der Waals surface area contributed by atoms with Crippen molar-refractivity contribution in [2.45, 2.75) is 33.7 Å². The number of aliphatic imine (C=N–C) groups is 1. The SMILES string of the molecule is CC=S(C)(=O)N(C)C/C=C(\C)C(C)N=C(C(C)=N)c1nc2ccccc2[nH]1. The van der Waals surface area contributed by atoms with Gasteiger partial charge in [0.1, 0.15) is 5.71 Å². The number of hydrogen-bond acceptors (Lipinski definition) is 4. The van der Waals surface area contributed by atoms with Crippen LogP contribution in [0.3, 0.4) is 0 Å². The van der Waals surface area contributed by atoms with Crippen molar-refractivity contribution < 1.29 is 4.21 Å². The molecule has 2 N–H and O–H groups in total. The monoisotopic (exact) mass is 387 g/mol. The number of nitrogens with one attached hydrogen (secondary N) is 2. The lowest BCUT2D eigenvalue weighted by molar-refractivity contribution is 0.567. The number of imidazole rings is 1. The summed E-state index contributed by atoms with van der Waals surface area (Å²) in [6, 6.07) is 7.67. The van der Waals surface area contributed by atoms with Crippen molar-refractivity contribution >= 4 is 37.5 Å². The molecule has 0 saturated heterocycles. The molecular weight excluding hydrogens is 358 g/mol. The smallest absolute Gasteiger partial charge is 0.158 e. The lowest BCUT2D eigenvalue weighted by atomic mass is 10.1. The summed E-state index contributed by atoms with van der Waals surface area (Å²) in [6.07, 6.45) is 3.77. The van der Waals surface area contributed by atoms with Crippen LogP contribution < -0.4 is 0 Å². The molecule has 146 valence electrons. The number of benzene rings is 1. The quantitative estimate of drug-likeness (QED) is 0.434. The molecule has 0 spiro atoms. The van der Waals surface area contributed by atoms with Crippen LogP contribution in [0.15, 0.2) is 40.9 Å². The zero-order chi connectivity index (χ0) is 20.2. The fourth-order valence-electron chi connectivity index (χ4n) is 2.47. The topological polar surface area (TPSA) is 85.2 Å². The first-order valence-corrected chi connectivity index (χ1v) is 10.9. The number of H-pyrrole nitrogens is 1. The van der Waals surface area contributed by atoms with E-state index in [2.05, 4.69) is 9.97 Å². The molecule has 1 heterocycles. The van der Waals surface area contributed by atoms with E-state index in [9.17, 15) is 4.21 Å². The molecule has 1 aromatic carbocycles. The van der Waals surface area contributed by atoms with Crippen LogP contribution in [0.25, 0.3) is 11.0 Å². The Kier molecular flexibility index (Phi) is 6.73. The summed E-state index contributed by atoms with van der Waals surface area (Å²) in [5.74, 6) is 0.609. The predicted octanol–water partition coefficient (Wildman–Crippen LogP) is 3.31. The van der Waals surface area contributed by atoms with Crippen LogP contribution in [0.1, 0.15) is 33.5 Å². The third-order valence-corrected chi connectivity index (χ3v) is 6.94. The first-order chi connectivity index (χ1) is 12.7. The number of fused-ring (bicyclic) bond motifs is 1. The van der Waals surface area contributed by atoms with Crippen molar-refractivity contribution in [3.63, 3.8) is 0 Å². The molecule has 27 heavy (non-hydrogen) atoms. The van der Waals surface area contributed by atoms with Gasteiger partial charge in [-0.05, 0) is 52.2 Å². The van der Waals surface area contributed by atoms with Gasteiger partial charge in [-0.25, -0.2) is 9.29 Å². The summed E-state index contributed by atoms with van der Waals surface area (Å²) in [5.41, 5.74) is 3.76. The number of para-hydroxylation sites is 2. The summed E-state index contributed by atoms with van der Waals surface area (Å²) < 4.78 is 14.2. The minimum atomic E-state index is -2.09. The highest BCUT2D eigenvalue weighted by Gasteiger charge is 2.14.